The Bertz CT molecular complexity index is 347. The molecule has 0 radical (unpaired) electrons. The first-order valence-corrected chi connectivity index (χ1v) is 8.77. The number of hydrogen-bond donors (Lipinski definition) is 1. The van der Waals surface area contributed by atoms with Crippen LogP contribution in [0.15, 0.2) is 10.5 Å². The van der Waals surface area contributed by atoms with Crippen LogP contribution in [-0.2, 0) is 13.6 Å². The molecule has 0 amide bonds. The third kappa shape index (κ3) is 5.06. The second-order valence-corrected chi connectivity index (χ2v) is 8.72. The Hall–Kier alpha value is 0.200. The fourth-order valence-electron chi connectivity index (χ4n) is 1.41. The Morgan fingerprint density at radius 3 is 2.33 bits per heavy atom. The zero-order valence-corrected chi connectivity index (χ0v) is 13.3. The second kappa shape index (κ2) is 6.58. The standard InChI is InChI=1S/C12H23O4PS/c1-10(2)11(18-6-5-13)7-17(14)15-8-12(3,4)9-16-17/h13H,5-9H2,1-4H3. The number of hydrogen-bond acceptors (Lipinski definition) is 5. The summed E-state index contributed by atoms with van der Waals surface area (Å²) >= 11 is 1.52. The molecular weight excluding hydrogens is 271 g/mol. The summed E-state index contributed by atoms with van der Waals surface area (Å²) in [7, 11) is -3.00. The summed E-state index contributed by atoms with van der Waals surface area (Å²) in [6, 6.07) is 0. The zero-order chi connectivity index (χ0) is 13.8. The summed E-state index contributed by atoms with van der Waals surface area (Å²) < 4.78 is 23.4. The molecule has 0 aromatic heterocycles. The van der Waals surface area contributed by atoms with E-state index >= 15 is 0 Å². The molecule has 1 fully saturated rings. The Balaban J connectivity index is 2.65. The van der Waals surface area contributed by atoms with E-state index in [4.69, 9.17) is 14.2 Å². The quantitative estimate of drug-likeness (QED) is 0.789. The lowest BCUT2D eigenvalue weighted by Gasteiger charge is -2.34. The normalized spacial score (nSPS) is 21.6. The molecule has 0 unspecified atom stereocenters. The largest absolute Gasteiger partial charge is 0.396 e. The maximum Gasteiger partial charge on any atom is 0.335 e. The van der Waals surface area contributed by atoms with Gasteiger partial charge in [-0.2, -0.15) is 0 Å². The maximum atomic E-state index is 12.4. The van der Waals surface area contributed by atoms with Gasteiger partial charge in [-0.05, 0) is 18.8 Å². The molecule has 0 spiro atoms. The molecule has 0 aromatic carbocycles. The van der Waals surface area contributed by atoms with E-state index in [1.54, 1.807) is 0 Å². The van der Waals surface area contributed by atoms with Crippen molar-refractivity contribution in [3.63, 3.8) is 0 Å². The number of rotatable bonds is 5. The van der Waals surface area contributed by atoms with Gasteiger partial charge in [0, 0.05) is 11.2 Å². The average molecular weight is 294 g/mol. The molecule has 18 heavy (non-hydrogen) atoms. The second-order valence-electron chi connectivity index (χ2n) is 5.48. The van der Waals surface area contributed by atoms with E-state index in [1.165, 1.54) is 11.8 Å². The molecule has 0 atom stereocenters. The van der Waals surface area contributed by atoms with Gasteiger partial charge in [0.05, 0.1) is 26.0 Å². The van der Waals surface area contributed by atoms with Gasteiger partial charge in [-0.1, -0.05) is 19.4 Å². The molecule has 1 rings (SSSR count). The van der Waals surface area contributed by atoms with E-state index in [0.717, 1.165) is 10.5 Å². The van der Waals surface area contributed by atoms with Gasteiger partial charge >= 0.3 is 7.60 Å². The third-order valence-corrected chi connectivity index (χ3v) is 5.82. The summed E-state index contributed by atoms with van der Waals surface area (Å²) in [6.07, 6.45) is 0.316. The minimum atomic E-state index is -3.00. The number of aliphatic hydroxyl groups excluding tert-OH is 1. The van der Waals surface area contributed by atoms with Gasteiger partial charge in [-0.3, -0.25) is 4.57 Å². The fraction of sp³-hybridized carbons (Fsp3) is 0.833. The SMILES string of the molecule is CC(C)=C(CP1(=O)OCC(C)(C)CO1)SCCO. The zero-order valence-electron chi connectivity index (χ0n) is 11.6. The van der Waals surface area contributed by atoms with Gasteiger partial charge < -0.3 is 14.2 Å². The van der Waals surface area contributed by atoms with Gasteiger partial charge in [-0.25, -0.2) is 0 Å². The summed E-state index contributed by atoms with van der Waals surface area (Å²) in [4.78, 5) is 0.993. The average Bonchev–Trinajstić information content (AvgIpc) is 2.29. The topological polar surface area (TPSA) is 55.8 Å². The number of allylic oxidation sites excluding steroid dienone is 2. The molecule has 0 aliphatic carbocycles. The monoisotopic (exact) mass is 294 g/mol. The van der Waals surface area contributed by atoms with Crippen molar-refractivity contribution >= 4 is 19.4 Å². The van der Waals surface area contributed by atoms with Crippen molar-refractivity contribution in [2.75, 3.05) is 31.7 Å². The van der Waals surface area contributed by atoms with E-state index in [1.807, 2.05) is 27.7 Å². The number of thioether (sulfide) groups is 1. The van der Waals surface area contributed by atoms with Gasteiger partial charge in [-0.15, -0.1) is 11.8 Å². The molecule has 1 aliphatic heterocycles. The van der Waals surface area contributed by atoms with Crippen molar-refractivity contribution in [3.8, 4) is 0 Å². The van der Waals surface area contributed by atoms with Crippen LogP contribution in [0.3, 0.4) is 0 Å². The highest BCUT2D eigenvalue weighted by atomic mass is 32.2. The highest BCUT2D eigenvalue weighted by Crippen LogP contribution is 2.56. The van der Waals surface area contributed by atoms with Crippen LogP contribution < -0.4 is 0 Å². The van der Waals surface area contributed by atoms with Crippen LogP contribution in [0.5, 0.6) is 0 Å². The van der Waals surface area contributed by atoms with Crippen molar-refractivity contribution in [1.29, 1.82) is 0 Å². The minimum Gasteiger partial charge on any atom is -0.396 e. The predicted molar refractivity (Wildman–Crippen MR) is 76.1 cm³/mol. The summed E-state index contributed by atoms with van der Waals surface area (Å²) in [5, 5.41) is 8.86. The van der Waals surface area contributed by atoms with Crippen LogP contribution in [0.2, 0.25) is 0 Å². The molecule has 1 heterocycles. The molecule has 0 saturated carbocycles. The van der Waals surface area contributed by atoms with Gasteiger partial charge in [0.15, 0.2) is 0 Å². The maximum absolute atomic E-state index is 12.4. The lowest BCUT2D eigenvalue weighted by atomic mass is 9.97. The first-order valence-electron chi connectivity index (χ1n) is 6.06. The van der Waals surface area contributed by atoms with Crippen molar-refractivity contribution in [2.24, 2.45) is 5.41 Å². The Morgan fingerprint density at radius 1 is 1.33 bits per heavy atom. The summed E-state index contributed by atoms with van der Waals surface area (Å²) in [6.45, 7) is 9.04. The Labute approximate surface area is 114 Å². The smallest absolute Gasteiger partial charge is 0.335 e. The summed E-state index contributed by atoms with van der Waals surface area (Å²) in [5.74, 6) is 0.603. The molecule has 0 bridgehead atoms. The lowest BCUT2D eigenvalue weighted by Crippen LogP contribution is -2.30. The number of aliphatic hydroxyl groups is 1. The van der Waals surface area contributed by atoms with Gasteiger partial charge in [0.25, 0.3) is 0 Å². The van der Waals surface area contributed by atoms with Crippen molar-refractivity contribution in [2.45, 2.75) is 27.7 Å². The lowest BCUT2D eigenvalue weighted by molar-refractivity contribution is 0.0424. The van der Waals surface area contributed by atoms with E-state index < -0.39 is 7.60 Å². The van der Waals surface area contributed by atoms with Crippen LogP contribution in [0.4, 0.5) is 0 Å². The van der Waals surface area contributed by atoms with E-state index in [9.17, 15) is 4.57 Å². The van der Waals surface area contributed by atoms with Crippen molar-refractivity contribution < 1.29 is 18.7 Å². The van der Waals surface area contributed by atoms with Crippen molar-refractivity contribution in [3.05, 3.63) is 10.5 Å². The van der Waals surface area contributed by atoms with Crippen molar-refractivity contribution in [1.82, 2.24) is 0 Å². The molecule has 1 N–H and O–H groups in total. The fourth-order valence-corrected chi connectivity index (χ4v) is 4.89. The van der Waals surface area contributed by atoms with Crippen LogP contribution in [0.25, 0.3) is 0 Å². The minimum absolute atomic E-state index is 0.0721. The highest BCUT2D eigenvalue weighted by molar-refractivity contribution is 8.03. The first kappa shape index (κ1) is 16.3. The van der Waals surface area contributed by atoms with E-state index in [2.05, 4.69) is 0 Å². The highest BCUT2D eigenvalue weighted by Gasteiger charge is 2.37. The van der Waals surface area contributed by atoms with Crippen LogP contribution >= 0.6 is 19.4 Å². The van der Waals surface area contributed by atoms with Crippen LogP contribution in [0.1, 0.15) is 27.7 Å². The molecule has 4 nitrogen and oxygen atoms in total. The molecular formula is C12H23O4PS. The van der Waals surface area contributed by atoms with Crippen LogP contribution in [0, 0.1) is 5.41 Å². The first-order chi connectivity index (χ1) is 8.28. The van der Waals surface area contributed by atoms with Gasteiger partial charge in [0.1, 0.15) is 0 Å². The molecule has 6 heteroatoms. The van der Waals surface area contributed by atoms with Crippen LogP contribution in [-0.4, -0.2) is 36.8 Å². The van der Waals surface area contributed by atoms with E-state index in [0.29, 0.717) is 25.1 Å². The predicted octanol–water partition coefficient (Wildman–Crippen LogP) is 3.27. The Kier molecular flexibility index (Phi) is 5.94. The molecule has 106 valence electrons. The summed E-state index contributed by atoms with van der Waals surface area (Å²) in [5.41, 5.74) is 1.03. The Morgan fingerprint density at radius 2 is 1.89 bits per heavy atom. The van der Waals surface area contributed by atoms with E-state index in [-0.39, 0.29) is 12.0 Å². The molecule has 1 aliphatic rings. The molecule has 0 aromatic rings. The van der Waals surface area contributed by atoms with Gasteiger partial charge in [0.2, 0.25) is 0 Å². The third-order valence-electron chi connectivity index (χ3n) is 2.57. The molecule has 1 saturated heterocycles.